The zero-order valence-electron chi connectivity index (χ0n) is 24.6. The first-order valence-corrected chi connectivity index (χ1v) is 15.7. The van der Waals surface area contributed by atoms with Crippen molar-refractivity contribution in [3.8, 4) is 23.6 Å². The molecule has 4 saturated heterocycles. The van der Waals surface area contributed by atoms with Crippen molar-refractivity contribution in [3.63, 3.8) is 0 Å². The molecule has 4 aliphatic rings. The Morgan fingerprint density at radius 1 is 1.07 bits per heavy atom. The van der Waals surface area contributed by atoms with Crippen molar-refractivity contribution in [3.05, 3.63) is 59.0 Å². The Balaban J connectivity index is 1.28. The highest BCUT2D eigenvalue weighted by atomic mass is 19.1. The summed E-state index contributed by atoms with van der Waals surface area (Å²) in [6.07, 6.45) is 16.3. The maximum atomic E-state index is 16.9. The molecule has 0 aliphatic carbocycles. The van der Waals surface area contributed by atoms with Crippen LogP contribution in [0.15, 0.2) is 30.5 Å². The average molecular weight is 579 g/mol. The van der Waals surface area contributed by atoms with Crippen LogP contribution in [0.25, 0.3) is 32.9 Å². The number of aromatic nitrogens is 3. The van der Waals surface area contributed by atoms with E-state index in [-0.39, 0.29) is 22.3 Å². The summed E-state index contributed by atoms with van der Waals surface area (Å²) < 4.78 is 31.7. The largest absolute Gasteiger partial charge is 0.353 e. The van der Waals surface area contributed by atoms with Gasteiger partial charge in [-0.1, -0.05) is 18.1 Å². The van der Waals surface area contributed by atoms with Gasteiger partial charge in [0.15, 0.2) is 5.82 Å². The number of nitrogens with one attached hydrogen (secondary N) is 1. The summed E-state index contributed by atoms with van der Waals surface area (Å²) in [7, 11) is 0. The monoisotopic (exact) mass is 578 g/mol. The molecule has 0 amide bonds. The lowest BCUT2D eigenvalue weighted by molar-refractivity contribution is 0.182. The van der Waals surface area contributed by atoms with E-state index in [4.69, 9.17) is 16.4 Å². The van der Waals surface area contributed by atoms with E-state index in [1.54, 1.807) is 12.3 Å². The summed E-state index contributed by atoms with van der Waals surface area (Å²) in [5.41, 5.74) is 2.15. The summed E-state index contributed by atoms with van der Waals surface area (Å²) in [6, 6.07) is 7.64. The Kier molecular flexibility index (Phi) is 6.39. The number of benzene rings is 2. The van der Waals surface area contributed by atoms with E-state index in [0.717, 1.165) is 49.1 Å². The lowest BCUT2D eigenvalue weighted by Crippen LogP contribution is -2.51. The maximum Gasteiger partial charge on any atom is 0.175 e. The number of piperazine rings is 1. The zero-order valence-corrected chi connectivity index (χ0v) is 24.6. The van der Waals surface area contributed by atoms with Gasteiger partial charge in [-0.25, -0.2) is 18.7 Å². The Morgan fingerprint density at radius 3 is 2.58 bits per heavy atom. The topological polar surface area (TPSA) is 57.2 Å². The third-order valence-electron chi connectivity index (χ3n) is 10.5. The van der Waals surface area contributed by atoms with E-state index in [9.17, 15) is 4.39 Å². The van der Waals surface area contributed by atoms with Gasteiger partial charge in [-0.3, -0.25) is 9.88 Å². The molecule has 2 atom stereocenters. The minimum Gasteiger partial charge on any atom is -0.353 e. The lowest BCUT2D eigenvalue weighted by atomic mass is 9.88. The van der Waals surface area contributed by atoms with Crippen LogP contribution in [-0.2, 0) is 6.42 Å². The van der Waals surface area contributed by atoms with Gasteiger partial charge in [0.2, 0.25) is 0 Å². The van der Waals surface area contributed by atoms with Crippen LogP contribution in [0.5, 0.6) is 0 Å². The number of anilines is 1. The fourth-order valence-electron chi connectivity index (χ4n) is 8.49. The quantitative estimate of drug-likeness (QED) is 0.297. The van der Waals surface area contributed by atoms with Gasteiger partial charge < -0.3 is 10.2 Å². The Hall–Kier alpha value is -3.67. The normalized spacial score (nSPS) is 22.9. The molecule has 4 fully saturated rings. The van der Waals surface area contributed by atoms with Crippen molar-refractivity contribution in [1.29, 1.82) is 0 Å². The molecule has 8 rings (SSSR count). The lowest BCUT2D eigenvalue weighted by Gasteiger charge is -2.35. The predicted octanol–water partition coefficient (Wildman–Crippen LogP) is 5.91. The molecule has 43 heavy (non-hydrogen) atoms. The van der Waals surface area contributed by atoms with Gasteiger partial charge in [0, 0.05) is 54.3 Å². The van der Waals surface area contributed by atoms with E-state index in [0.29, 0.717) is 40.7 Å². The van der Waals surface area contributed by atoms with Gasteiger partial charge in [0.25, 0.3) is 0 Å². The van der Waals surface area contributed by atoms with Gasteiger partial charge >= 0.3 is 0 Å². The molecular formula is C35H36F2N6. The second-order valence-electron chi connectivity index (χ2n) is 13.1. The van der Waals surface area contributed by atoms with E-state index >= 15 is 4.39 Å². The van der Waals surface area contributed by atoms with Crippen molar-refractivity contribution in [1.82, 2.24) is 25.2 Å². The first-order valence-electron chi connectivity index (χ1n) is 15.7. The SMILES string of the molecule is C#Cc1c(F)ccc2cc(C)cc(-c3ncc4c(N5CC6CCC(C5)N6)nc(CCC56CCCN5CCC6)nc4c3F)c12. The molecule has 6 nitrogen and oxygen atoms in total. The zero-order chi connectivity index (χ0) is 29.3. The van der Waals surface area contributed by atoms with Gasteiger partial charge in [-0.05, 0) is 88.0 Å². The number of terminal acetylenes is 1. The molecule has 0 saturated carbocycles. The second kappa shape index (κ2) is 10.2. The Bertz CT molecular complexity index is 1790. The fraction of sp³-hybridized carbons (Fsp3) is 0.457. The van der Waals surface area contributed by atoms with Crippen LogP contribution in [0.1, 0.15) is 61.9 Å². The first-order chi connectivity index (χ1) is 20.9. The minimum absolute atomic E-state index is 0.117. The molecule has 2 bridgehead atoms. The van der Waals surface area contributed by atoms with E-state index in [1.165, 1.54) is 44.8 Å². The molecule has 2 aromatic heterocycles. The minimum atomic E-state index is -0.513. The highest BCUT2D eigenvalue weighted by Crippen LogP contribution is 2.42. The summed E-state index contributed by atoms with van der Waals surface area (Å²) in [5.74, 6) is 2.93. The van der Waals surface area contributed by atoms with E-state index in [1.807, 2.05) is 19.1 Å². The molecule has 1 N–H and O–H groups in total. The number of rotatable bonds is 5. The average Bonchev–Trinajstić information content (AvgIpc) is 3.69. The van der Waals surface area contributed by atoms with Crippen LogP contribution in [0.4, 0.5) is 14.6 Å². The molecule has 8 heteroatoms. The van der Waals surface area contributed by atoms with Crippen LogP contribution >= 0.6 is 0 Å². The third-order valence-corrected chi connectivity index (χ3v) is 10.5. The summed E-state index contributed by atoms with van der Waals surface area (Å²) in [5, 5.41) is 5.56. The second-order valence-corrected chi connectivity index (χ2v) is 13.1. The molecule has 4 aliphatic heterocycles. The molecule has 6 heterocycles. The number of fused-ring (bicyclic) bond motifs is 5. The van der Waals surface area contributed by atoms with Crippen molar-refractivity contribution < 1.29 is 8.78 Å². The molecule has 4 aromatic rings. The van der Waals surface area contributed by atoms with Gasteiger partial charge in [-0.15, -0.1) is 6.42 Å². The molecule has 2 aromatic carbocycles. The van der Waals surface area contributed by atoms with Gasteiger partial charge in [0.05, 0.1) is 10.9 Å². The summed E-state index contributed by atoms with van der Waals surface area (Å²) >= 11 is 0. The first kappa shape index (κ1) is 26.9. The van der Waals surface area contributed by atoms with Crippen LogP contribution < -0.4 is 10.2 Å². The molecule has 0 spiro atoms. The number of aryl methyl sites for hydroxylation is 2. The van der Waals surface area contributed by atoms with Crippen molar-refractivity contribution in [2.75, 3.05) is 31.1 Å². The number of hydrogen-bond donors (Lipinski definition) is 1. The van der Waals surface area contributed by atoms with Gasteiger partial charge in [-0.2, -0.15) is 0 Å². The maximum absolute atomic E-state index is 16.9. The fourth-order valence-corrected chi connectivity index (χ4v) is 8.49. The highest BCUT2D eigenvalue weighted by molar-refractivity contribution is 6.02. The van der Waals surface area contributed by atoms with E-state index < -0.39 is 11.6 Å². The van der Waals surface area contributed by atoms with Gasteiger partial charge in [0.1, 0.15) is 28.7 Å². The van der Waals surface area contributed by atoms with Crippen LogP contribution in [0.3, 0.4) is 0 Å². The van der Waals surface area contributed by atoms with Crippen LogP contribution in [0.2, 0.25) is 0 Å². The molecule has 2 unspecified atom stereocenters. The number of nitrogens with zero attached hydrogens (tertiary/aromatic N) is 5. The summed E-state index contributed by atoms with van der Waals surface area (Å²) in [6.45, 7) is 5.93. The molecule has 0 radical (unpaired) electrons. The van der Waals surface area contributed by atoms with Crippen molar-refractivity contribution in [2.24, 2.45) is 0 Å². The Morgan fingerprint density at radius 2 is 1.84 bits per heavy atom. The summed E-state index contributed by atoms with van der Waals surface area (Å²) in [4.78, 5) is 19.6. The smallest absolute Gasteiger partial charge is 0.175 e. The number of halogens is 2. The highest BCUT2D eigenvalue weighted by Gasteiger charge is 2.43. The third kappa shape index (κ3) is 4.39. The van der Waals surface area contributed by atoms with Crippen LogP contribution in [-0.4, -0.2) is 63.7 Å². The van der Waals surface area contributed by atoms with Crippen molar-refractivity contribution in [2.45, 2.75) is 75.9 Å². The molecule has 220 valence electrons. The predicted molar refractivity (Wildman–Crippen MR) is 166 cm³/mol. The number of pyridine rings is 1. The number of hydrogen-bond acceptors (Lipinski definition) is 6. The van der Waals surface area contributed by atoms with E-state index in [2.05, 4.69) is 26.0 Å². The van der Waals surface area contributed by atoms with Crippen molar-refractivity contribution >= 4 is 27.5 Å². The standard InChI is InChI=1S/C35H36F2N6/c1-3-25-28(36)9-6-22-16-21(2)17-26(30(22)25)32-31(37)33-27(18-38-32)34(42-19-23-7-8-24(20-42)39-23)41-29(40-33)10-13-35-11-4-14-43(35)15-5-12-35/h1,6,9,16-18,23-24,39H,4-5,7-8,10-15,19-20H2,2H3. The Labute approximate surface area is 250 Å². The molecular weight excluding hydrogens is 542 g/mol. The van der Waals surface area contributed by atoms with Crippen LogP contribution in [0, 0.1) is 30.9 Å².